The molecule has 0 aromatic heterocycles. The molecule has 0 aromatic rings. The maximum absolute atomic E-state index is 13.4. The second-order valence-corrected chi connectivity index (χ2v) is 22.5. The number of hydrogen-bond acceptors (Lipinski definition) is 10. The van der Waals surface area contributed by atoms with Gasteiger partial charge in [0.15, 0.2) is 12.4 Å². The lowest BCUT2D eigenvalue weighted by Gasteiger charge is -2.41. The Kier molecular flexibility index (Phi) is 53.7. The summed E-state index contributed by atoms with van der Waals surface area (Å²) in [7, 11) is 0. The molecule has 1 amide bonds. The number of hydrogen-bond donors (Lipinski definition) is 6. The molecule has 0 radical (unpaired) electrons. The van der Waals surface area contributed by atoms with Gasteiger partial charge in [-0.2, -0.15) is 0 Å². The van der Waals surface area contributed by atoms with Gasteiger partial charge in [-0.1, -0.05) is 265 Å². The Labute approximate surface area is 500 Å². The highest BCUT2D eigenvalue weighted by atomic mass is 16.7. The summed E-state index contributed by atoms with van der Waals surface area (Å²) in [6, 6.07) is -1.04. The smallest absolute Gasteiger partial charge is 0.306 e. The third-order valence-corrected chi connectivity index (χ3v) is 14.9. The third kappa shape index (κ3) is 44.8. The molecule has 11 heteroatoms. The highest BCUT2D eigenvalue weighted by Gasteiger charge is 2.47. The minimum atomic E-state index is -1.63. The highest BCUT2D eigenvalue weighted by Crippen LogP contribution is 2.26. The van der Waals surface area contributed by atoms with Crippen LogP contribution in [0.15, 0.2) is 109 Å². The Balaban J connectivity index is 2.60. The minimum absolute atomic E-state index is 0.106. The van der Waals surface area contributed by atoms with Crippen molar-refractivity contribution in [1.29, 1.82) is 0 Å². The van der Waals surface area contributed by atoms with E-state index in [9.17, 15) is 35.1 Å². The second-order valence-electron chi connectivity index (χ2n) is 22.5. The Morgan fingerprint density at radius 1 is 0.500 bits per heavy atom. The summed E-state index contributed by atoms with van der Waals surface area (Å²) >= 11 is 0. The van der Waals surface area contributed by atoms with Crippen molar-refractivity contribution in [2.45, 2.75) is 314 Å². The van der Waals surface area contributed by atoms with Crippen molar-refractivity contribution in [3.63, 3.8) is 0 Å². The largest absolute Gasteiger partial charge is 0.454 e. The number of amides is 1. The molecular weight excluding hydrogens is 1030 g/mol. The van der Waals surface area contributed by atoms with Crippen LogP contribution in [0.25, 0.3) is 0 Å². The Bertz CT molecular complexity index is 1750. The Morgan fingerprint density at radius 3 is 1.41 bits per heavy atom. The number of carbonyl (C=O) groups excluding carboxylic acids is 2. The first-order valence-electron chi connectivity index (χ1n) is 33.2. The van der Waals surface area contributed by atoms with Crippen molar-refractivity contribution in [2.24, 2.45) is 0 Å². The van der Waals surface area contributed by atoms with Gasteiger partial charge in [0.25, 0.3) is 0 Å². The second kappa shape index (κ2) is 57.7. The van der Waals surface area contributed by atoms with Crippen molar-refractivity contribution >= 4 is 11.9 Å². The minimum Gasteiger partial charge on any atom is -0.454 e. The number of esters is 1. The molecule has 1 aliphatic rings. The maximum atomic E-state index is 13.4. The monoisotopic (exact) mass is 1150 g/mol. The fraction of sp³-hybridized carbons (Fsp3) is 0.718. The summed E-state index contributed by atoms with van der Waals surface area (Å²) in [5.74, 6) is -1.22. The summed E-state index contributed by atoms with van der Waals surface area (Å²) in [5, 5.41) is 57.0. The Hall–Kier alpha value is -3.68. The van der Waals surface area contributed by atoms with Gasteiger partial charge in [-0.15, -0.1) is 0 Å². The number of aliphatic hydroxyl groups excluding tert-OH is 5. The first kappa shape index (κ1) is 76.3. The van der Waals surface area contributed by atoms with Crippen LogP contribution in [0, 0.1) is 0 Å². The highest BCUT2D eigenvalue weighted by molar-refractivity contribution is 5.80. The molecule has 0 bridgehead atoms. The van der Waals surface area contributed by atoms with Crippen molar-refractivity contribution in [1.82, 2.24) is 5.32 Å². The summed E-state index contributed by atoms with van der Waals surface area (Å²) in [5.41, 5.74) is 0. The molecule has 8 unspecified atom stereocenters. The van der Waals surface area contributed by atoms with E-state index in [4.69, 9.17) is 14.2 Å². The van der Waals surface area contributed by atoms with E-state index in [0.29, 0.717) is 12.8 Å². The van der Waals surface area contributed by atoms with Crippen molar-refractivity contribution in [3.8, 4) is 0 Å². The fourth-order valence-electron chi connectivity index (χ4n) is 9.70. The number of aliphatic hydroxyl groups is 5. The lowest BCUT2D eigenvalue weighted by Crippen LogP contribution is -2.61. The summed E-state index contributed by atoms with van der Waals surface area (Å²) in [4.78, 5) is 26.6. The zero-order chi connectivity index (χ0) is 59.6. The third-order valence-electron chi connectivity index (χ3n) is 14.9. The van der Waals surface area contributed by atoms with Gasteiger partial charge in [-0.05, 0) is 103 Å². The summed E-state index contributed by atoms with van der Waals surface area (Å²) < 4.78 is 17.6. The molecule has 470 valence electrons. The fourth-order valence-corrected chi connectivity index (χ4v) is 9.70. The van der Waals surface area contributed by atoms with Gasteiger partial charge in [0.05, 0.1) is 25.4 Å². The average Bonchev–Trinajstić information content (AvgIpc) is 3.48. The molecule has 0 saturated carbocycles. The van der Waals surface area contributed by atoms with E-state index >= 15 is 0 Å². The number of carbonyl (C=O) groups is 2. The molecule has 1 heterocycles. The van der Waals surface area contributed by atoms with Gasteiger partial charge in [0, 0.05) is 6.42 Å². The van der Waals surface area contributed by atoms with E-state index in [1.165, 1.54) is 89.9 Å². The van der Waals surface area contributed by atoms with Crippen LogP contribution in [0.2, 0.25) is 0 Å². The van der Waals surface area contributed by atoms with Crippen LogP contribution in [0.4, 0.5) is 0 Å². The zero-order valence-corrected chi connectivity index (χ0v) is 52.1. The number of nitrogens with one attached hydrogen (secondary N) is 1. The molecule has 0 aliphatic carbocycles. The van der Waals surface area contributed by atoms with E-state index in [1.807, 2.05) is 6.08 Å². The molecule has 11 nitrogen and oxygen atoms in total. The van der Waals surface area contributed by atoms with E-state index in [-0.39, 0.29) is 19.4 Å². The summed E-state index contributed by atoms with van der Waals surface area (Å²) in [6.07, 6.45) is 68.4. The molecule has 82 heavy (non-hydrogen) atoms. The number of rotatable bonds is 55. The van der Waals surface area contributed by atoms with E-state index in [0.717, 1.165) is 128 Å². The van der Waals surface area contributed by atoms with E-state index in [1.54, 1.807) is 6.08 Å². The topological polar surface area (TPSA) is 175 Å². The van der Waals surface area contributed by atoms with Gasteiger partial charge in [0.2, 0.25) is 5.91 Å². The van der Waals surface area contributed by atoms with E-state index < -0.39 is 67.4 Å². The SMILES string of the molecule is CC/C=C\C/C=C\C/C=C\C/C=C\C/C=C\C/C=C\CCCCCCCCCCC(=O)OC1C(OCC(NC(=O)C(O)CCCCCCC/C=C/C=C/CCCCC)C(O)/C=C/CCCCCCCCCCCC)OC(CO)C(O)C1O. The van der Waals surface area contributed by atoms with Crippen molar-refractivity contribution in [3.05, 3.63) is 109 Å². The van der Waals surface area contributed by atoms with E-state index in [2.05, 4.69) is 123 Å². The zero-order valence-electron chi connectivity index (χ0n) is 52.1. The van der Waals surface area contributed by atoms with Crippen LogP contribution >= 0.6 is 0 Å². The van der Waals surface area contributed by atoms with Crippen molar-refractivity contribution in [2.75, 3.05) is 13.2 Å². The molecule has 0 spiro atoms. The molecule has 0 aromatic carbocycles. The molecule has 1 aliphatic heterocycles. The van der Waals surface area contributed by atoms with Crippen LogP contribution in [0.5, 0.6) is 0 Å². The first-order chi connectivity index (χ1) is 40.2. The predicted octanol–water partition coefficient (Wildman–Crippen LogP) is 16.4. The standard InChI is InChI=1S/C71H121NO10/c1-4-7-10-13-16-19-22-25-27-28-29-30-31-32-33-34-35-36-37-38-39-41-44-47-50-53-56-59-66(76)82-69-68(78)67(77)65(60-73)81-71(69)80-61-62(63(74)57-54-51-48-45-42-24-21-18-15-12-9-6-3)72-70(79)64(75)58-55-52-49-46-43-40-26-23-20-17-14-11-8-5-2/h7,10,16-17,19-20,23,25-27,29-30,32-33,35-36,54,57,62-65,67-69,71,73-75,77-78H,4-6,8-9,11-15,18,21-22,24,28,31,34,37-53,55-56,58-61H2,1-3H3,(H,72,79)/b10-7-,19-16-,20-17+,26-23+,27-25-,30-29-,33-32-,36-35-,57-54+. The van der Waals surface area contributed by atoms with Crippen LogP contribution in [-0.2, 0) is 23.8 Å². The van der Waals surface area contributed by atoms with Crippen LogP contribution in [0.1, 0.15) is 265 Å². The van der Waals surface area contributed by atoms with Crippen molar-refractivity contribution < 1.29 is 49.3 Å². The van der Waals surface area contributed by atoms with Gasteiger partial charge >= 0.3 is 5.97 Å². The van der Waals surface area contributed by atoms with Gasteiger partial charge in [0.1, 0.15) is 24.4 Å². The lowest BCUT2D eigenvalue weighted by molar-refractivity contribution is -0.305. The van der Waals surface area contributed by atoms with Gasteiger partial charge < -0.3 is 45.1 Å². The predicted molar refractivity (Wildman–Crippen MR) is 342 cm³/mol. The van der Waals surface area contributed by atoms with Crippen LogP contribution in [-0.4, -0.2) is 99.6 Å². The number of ether oxygens (including phenoxy) is 3. The normalized spacial score (nSPS) is 19.3. The average molecular weight is 1150 g/mol. The van der Waals surface area contributed by atoms with Crippen LogP contribution < -0.4 is 5.32 Å². The van der Waals surface area contributed by atoms with Gasteiger partial charge in [-0.25, -0.2) is 0 Å². The molecule has 1 fully saturated rings. The molecule has 8 atom stereocenters. The Morgan fingerprint density at radius 2 is 0.915 bits per heavy atom. The quantitative estimate of drug-likeness (QED) is 0.0149. The number of allylic oxidation sites excluding steroid dienone is 17. The molecule has 1 rings (SSSR count). The molecular formula is C71H121NO10. The van der Waals surface area contributed by atoms with Gasteiger partial charge in [-0.3, -0.25) is 9.59 Å². The first-order valence-corrected chi connectivity index (χ1v) is 33.2. The number of unbranched alkanes of at least 4 members (excludes halogenated alkanes) is 26. The molecule has 6 N–H and O–H groups in total. The summed E-state index contributed by atoms with van der Waals surface area (Å²) in [6.45, 7) is 5.63. The lowest BCUT2D eigenvalue weighted by atomic mass is 9.99. The maximum Gasteiger partial charge on any atom is 0.306 e. The van der Waals surface area contributed by atoms with Crippen LogP contribution in [0.3, 0.4) is 0 Å². The molecule has 1 saturated heterocycles.